The van der Waals surface area contributed by atoms with Crippen LogP contribution in [-0.2, 0) is 9.53 Å². The Bertz CT molecular complexity index is 1170. The molecule has 1 aromatic carbocycles. The number of amides is 2. The van der Waals surface area contributed by atoms with Gasteiger partial charge >= 0.3 is 6.18 Å². The molecule has 1 aliphatic carbocycles. The minimum absolute atomic E-state index is 0.106. The SMILES string of the molecule is CC1CC(Oc2c(Cl)cccc2[C@H]2[C@H](C(=O)Nc3ccnc(C(N)=O)c3)O[C@@](C)(C(F)(F)F)[C@H]2C)C1. The molecule has 11 heteroatoms. The quantitative estimate of drug-likeness (QED) is 0.547. The Hall–Kier alpha value is -2.85. The monoisotopic (exact) mass is 525 g/mol. The van der Waals surface area contributed by atoms with Crippen LogP contribution in [0.3, 0.4) is 0 Å². The van der Waals surface area contributed by atoms with Gasteiger partial charge in [-0.2, -0.15) is 13.2 Å². The van der Waals surface area contributed by atoms with Crippen LogP contribution in [0.2, 0.25) is 5.02 Å². The number of aromatic nitrogens is 1. The molecular formula is C25H27ClF3N3O4. The molecule has 0 spiro atoms. The molecule has 2 fully saturated rings. The molecule has 0 bridgehead atoms. The van der Waals surface area contributed by atoms with Crippen molar-refractivity contribution in [2.45, 2.75) is 63.5 Å². The lowest BCUT2D eigenvalue weighted by molar-refractivity contribution is -0.272. The molecule has 36 heavy (non-hydrogen) atoms. The summed E-state index contributed by atoms with van der Waals surface area (Å²) in [5, 5.41) is 2.79. The first-order chi connectivity index (χ1) is 16.8. The Labute approximate surface area is 211 Å². The van der Waals surface area contributed by atoms with Crippen LogP contribution in [0.15, 0.2) is 36.5 Å². The first-order valence-electron chi connectivity index (χ1n) is 11.6. The van der Waals surface area contributed by atoms with Crippen molar-refractivity contribution in [1.29, 1.82) is 0 Å². The number of carbonyl (C=O) groups excluding carboxylic acids is 2. The fourth-order valence-corrected chi connectivity index (χ4v) is 5.11. The Morgan fingerprint density at radius 3 is 2.56 bits per heavy atom. The summed E-state index contributed by atoms with van der Waals surface area (Å²) in [6, 6.07) is 7.46. The van der Waals surface area contributed by atoms with Gasteiger partial charge in [-0.25, -0.2) is 0 Å². The highest BCUT2D eigenvalue weighted by Gasteiger charge is 2.65. The van der Waals surface area contributed by atoms with Gasteiger partial charge in [-0.15, -0.1) is 0 Å². The van der Waals surface area contributed by atoms with E-state index in [2.05, 4.69) is 17.2 Å². The number of nitrogens with two attached hydrogens (primary N) is 1. The van der Waals surface area contributed by atoms with Crippen LogP contribution >= 0.6 is 11.6 Å². The van der Waals surface area contributed by atoms with E-state index in [1.165, 1.54) is 25.3 Å². The van der Waals surface area contributed by atoms with E-state index in [-0.39, 0.29) is 28.3 Å². The van der Waals surface area contributed by atoms with E-state index in [0.717, 1.165) is 19.8 Å². The number of nitrogens with one attached hydrogen (secondary N) is 1. The smallest absolute Gasteiger partial charge is 0.417 e. The van der Waals surface area contributed by atoms with Gasteiger partial charge in [0.05, 0.1) is 11.1 Å². The highest BCUT2D eigenvalue weighted by atomic mass is 35.5. The van der Waals surface area contributed by atoms with Crippen molar-refractivity contribution in [1.82, 2.24) is 4.98 Å². The van der Waals surface area contributed by atoms with Gasteiger partial charge < -0.3 is 20.5 Å². The Morgan fingerprint density at radius 1 is 1.25 bits per heavy atom. The average molecular weight is 526 g/mol. The van der Waals surface area contributed by atoms with Gasteiger partial charge in [-0.05, 0) is 43.9 Å². The van der Waals surface area contributed by atoms with Crippen LogP contribution in [0.5, 0.6) is 5.75 Å². The summed E-state index contributed by atoms with van der Waals surface area (Å²) in [6.45, 7) is 4.42. The molecule has 2 aliphatic rings. The molecule has 194 valence electrons. The van der Waals surface area contributed by atoms with Crippen LogP contribution in [0.1, 0.15) is 55.6 Å². The minimum atomic E-state index is -4.75. The molecule has 4 atom stereocenters. The molecule has 4 rings (SSSR count). The van der Waals surface area contributed by atoms with Crippen molar-refractivity contribution in [3.05, 3.63) is 52.8 Å². The fraction of sp³-hybridized carbons (Fsp3) is 0.480. The van der Waals surface area contributed by atoms with E-state index in [1.807, 2.05) is 0 Å². The summed E-state index contributed by atoms with van der Waals surface area (Å²) in [5.74, 6) is -3.07. The number of carbonyl (C=O) groups is 2. The van der Waals surface area contributed by atoms with Gasteiger partial charge in [0.1, 0.15) is 17.5 Å². The molecule has 2 heterocycles. The van der Waals surface area contributed by atoms with Crippen molar-refractivity contribution < 1.29 is 32.2 Å². The number of rotatable bonds is 6. The molecule has 2 aromatic rings. The molecule has 1 saturated heterocycles. The molecule has 0 radical (unpaired) electrons. The summed E-state index contributed by atoms with van der Waals surface area (Å²) >= 11 is 6.44. The lowest BCUT2D eigenvalue weighted by Gasteiger charge is -2.35. The number of primary amides is 1. The van der Waals surface area contributed by atoms with Gasteiger partial charge in [-0.3, -0.25) is 14.6 Å². The van der Waals surface area contributed by atoms with E-state index in [4.69, 9.17) is 26.8 Å². The van der Waals surface area contributed by atoms with Gasteiger partial charge in [-0.1, -0.05) is 37.6 Å². The second-order valence-corrected chi connectivity index (χ2v) is 10.1. The molecule has 1 saturated carbocycles. The van der Waals surface area contributed by atoms with Crippen LogP contribution < -0.4 is 15.8 Å². The molecule has 7 nitrogen and oxygen atoms in total. The first kappa shape index (κ1) is 26.2. The van der Waals surface area contributed by atoms with Crippen molar-refractivity contribution in [3.63, 3.8) is 0 Å². The number of benzene rings is 1. The third-order valence-electron chi connectivity index (χ3n) is 7.18. The molecule has 2 amide bonds. The lowest BCUT2D eigenvalue weighted by Crippen LogP contribution is -2.47. The van der Waals surface area contributed by atoms with Crippen LogP contribution in [0, 0.1) is 11.8 Å². The van der Waals surface area contributed by atoms with Crippen molar-refractivity contribution in [2.24, 2.45) is 17.6 Å². The van der Waals surface area contributed by atoms with Crippen LogP contribution in [0.4, 0.5) is 18.9 Å². The van der Waals surface area contributed by atoms with Crippen molar-refractivity contribution in [3.8, 4) is 5.75 Å². The molecule has 3 N–H and O–H groups in total. The second-order valence-electron chi connectivity index (χ2n) is 9.72. The third kappa shape index (κ3) is 4.76. The summed E-state index contributed by atoms with van der Waals surface area (Å²) in [7, 11) is 0. The van der Waals surface area contributed by atoms with Gasteiger partial charge in [0.2, 0.25) is 0 Å². The predicted molar refractivity (Wildman–Crippen MR) is 127 cm³/mol. The number of anilines is 1. The molecule has 1 aromatic heterocycles. The summed E-state index contributed by atoms with van der Waals surface area (Å²) in [4.78, 5) is 28.6. The fourth-order valence-electron chi connectivity index (χ4n) is 4.88. The average Bonchev–Trinajstić information content (AvgIpc) is 3.06. The van der Waals surface area contributed by atoms with Crippen LogP contribution in [0.25, 0.3) is 0 Å². The topological polar surface area (TPSA) is 104 Å². The number of hydrogen-bond donors (Lipinski definition) is 2. The number of pyridine rings is 1. The molecule has 0 unspecified atom stereocenters. The van der Waals surface area contributed by atoms with Gasteiger partial charge in [0.15, 0.2) is 5.60 Å². The maximum Gasteiger partial charge on any atom is 0.417 e. The maximum absolute atomic E-state index is 14.2. The summed E-state index contributed by atoms with van der Waals surface area (Å²) < 4.78 is 54.3. The van der Waals surface area contributed by atoms with E-state index in [9.17, 15) is 22.8 Å². The Kier molecular flexibility index (Phi) is 6.96. The van der Waals surface area contributed by atoms with Crippen molar-refractivity contribution >= 4 is 29.1 Å². The number of alkyl halides is 3. The van der Waals surface area contributed by atoms with E-state index in [1.54, 1.807) is 18.2 Å². The van der Waals surface area contributed by atoms with E-state index < -0.39 is 41.5 Å². The number of halogens is 4. The molecular weight excluding hydrogens is 499 g/mol. The largest absolute Gasteiger partial charge is 0.489 e. The normalized spacial score (nSPS) is 29.9. The summed E-state index contributed by atoms with van der Waals surface area (Å²) in [6.07, 6.45) is -3.53. The highest BCUT2D eigenvalue weighted by Crippen LogP contribution is 2.55. The Morgan fingerprint density at radius 2 is 1.94 bits per heavy atom. The minimum Gasteiger partial charge on any atom is -0.489 e. The third-order valence-corrected chi connectivity index (χ3v) is 7.48. The standard InChI is InChI=1S/C25H27ClF3N3O4/c1-12-9-15(10-12)35-20-16(5-4-6-17(20)26)19-13(2)24(3,25(27,28)29)36-21(19)23(34)32-14-7-8-31-18(11-14)22(30)33/h4-8,11-13,15,19,21H,9-10H2,1-3H3,(H2,30,33)(H,31,32,34)/t12?,13-,15?,19-,21+,24+/m0/s1. The zero-order valence-corrected chi connectivity index (χ0v) is 20.7. The highest BCUT2D eigenvalue weighted by molar-refractivity contribution is 6.32. The first-order valence-corrected chi connectivity index (χ1v) is 12.0. The number of nitrogens with zero attached hydrogens (tertiary/aromatic N) is 1. The second kappa shape index (κ2) is 9.55. The zero-order chi connectivity index (χ0) is 26.4. The predicted octanol–water partition coefficient (Wildman–Crippen LogP) is 5.09. The maximum atomic E-state index is 14.2. The van der Waals surface area contributed by atoms with Gasteiger partial charge in [0.25, 0.3) is 11.8 Å². The Balaban J connectivity index is 1.73. The van der Waals surface area contributed by atoms with E-state index >= 15 is 0 Å². The summed E-state index contributed by atoms with van der Waals surface area (Å²) in [5.41, 5.74) is 3.04. The van der Waals surface area contributed by atoms with Gasteiger partial charge in [0, 0.05) is 29.3 Å². The van der Waals surface area contributed by atoms with Crippen molar-refractivity contribution in [2.75, 3.05) is 5.32 Å². The van der Waals surface area contributed by atoms with E-state index in [0.29, 0.717) is 11.5 Å². The lowest BCUT2D eigenvalue weighted by atomic mass is 9.76. The number of para-hydroxylation sites is 1. The number of ether oxygens (including phenoxy) is 2. The zero-order valence-electron chi connectivity index (χ0n) is 19.9. The number of hydrogen-bond acceptors (Lipinski definition) is 5. The molecule has 1 aliphatic heterocycles. The van der Waals surface area contributed by atoms with Crippen LogP contribution in [-0.4, -0.2) is 40.8 Å².